The van der Waals surface area contributed by atoms with Gasteiger partial charge in [0.2, 0.25) is 0 Å². The van der Waals surface area contributed by atoms with E-state index in [1.54, 1.807) is 20.8 Å². The third-order valence-corrected chi connectivity index (χ3v) is 3.40. The Labute approximate surface area is 108 Å². The maximum atomic E-state index is 11.6. The number of nitrogens with one attached hydrogen (secondary N) is 1. The fourth-order valence-electron chi connectivity index (χ4n) is 1.66. The van der Waals surface area contributed by atoms with Crippen molar-refractivity contribution in [2.75, 3.05) is 18.8 Å². The molecule has 1 atom stereocenters. The minimum atomic E-state index is -3.87. The van der Waals surface area contributed by atoms with Crippen LogP contribution in [0.25, 0.3) is 0 Å². The first-order valence-corrected chi connectivity index (χ1v) is 7.59. The fourth-order valence-corrected chi connectivity index (χ4v) is 2.65. The zero-order valence-electron chi connectivity index (χ0n) is 11.1. The molecule has 6 nitrogen and oxygen atoms in total. The third kappa shape index (κ3) is 6.32. The zero-order chi connectivity index (χ0) is 13.8. The van der Waals surface area contributed by atoms with Gasteiger partial charge < -0.3 is 10.1 Å². The Balaban J connectivity index is 2.46. The summed E-state index contributed by atoms with van der Waals surface area (Å²) in [6, 6.07) is 0. The number of hydrogen-bond acceptors (Lipinski definition) is 6. The SMILES string of the molecule is CC(C)(C)OC(=O)CS(=O)(=O)OC1CCCNC1. The van der Waals surface area contributed by atoms with Gasteiger partial charge in [-0.25, -0.2) is 0 Å². The molecular weight excluding hydrogens is 258 g/mol. The smallest absolute Gasteiger partial charge is 0.324 e. The summed E-state index contributed by atoms with van der Waals surface area (Å²) in [5, 5.41) is 3.04. The van der Waals surface area contributed by atoms with E-state index in [9.17, 15) is 13.2 Å². The predicted octanol–water partition coefficient (Wildman–Crippen LogP) is 0.427. The first-order valence-electron chi connectivity index (χ1n) is 6.01. The highest BCUT2D eigenvalue weighted by Crippen LogP contribution is 2.12. The van der Waals surface area contributed by atoms with Crippen molar-refractivity contribution >= 4 is 16.1 Å². The molecule has 0 radical (unpaired) electrons. The van der Waals surface area contributed by atoms with Crippen molar-refractivity contribution in [1.82, 2.24) is 5.32 Å². The summed E-state index contributed by atoms with van der Waals surface area (Å²) in [4.78, 5) is 11.4. The standard InChI is InChI=1S/C11H21NO5S/c1-11(2,3)16-10(13)8-18(14,15)17-9-5-4-6-12-7-9/h9,12H,4-8H2,1-3H3. The van der Waals surface area contributed by atoms with Crippen molar-refractivity contribution in [3.05, 3.63) is 0 Å². The van der Waals surface area contributed by atoms with Gasteiger partial charge in [0.05, 0.1) is 6.10 Å². The lowest BCUT2D eigenvalue weighted by atomic mass is 10.1. The minimum Gasteiger partial charge on any atom is -0.459 e. The Hall–Kier alpha value is -0.660. The summed E-state index contributed by atoms with van der Waals surface area (Å²) < 4.78 is 33.2. The van der Waals surface area contributed by atoms with E-state index in [1.165, 1.54) is 0 Å². The highest BCUT2D eigenvalue weighted by atomic mass is 32.2. The molecule has 1 fully saturated rings. The van der Waals surface area contributed by atoms with Crippen LogP contribution >= 0.6 is 0 Å². The molecule has 0 aromatic carbocycles. The normalized spacial score (nSPS) is 21.6. The van der Waals surface area contributed by atoms with Crippen LogP contribution in [0.15, 0.2) is 0 Å². The number of hydrogen-bond donors (Lipinski definition) is 1. The second-order valence-electron chi connectivity index (χ2n) is 5.35. The molecule has 1 rings (SSSR count). The minimum absolute atomic E-state index is 0.383. The summed E-state index contributed by atoms with van der Waals surface area (Å²) in [6.45, 7) is 6.41. The Morgan fingerprint density at radius 1 is 1.39 bits per heavy atom. The van der Waals surface area contributed by atoms with Crippen LogP contribution in [-0.4, -0.2) is 44.9 Å². The second kappa shape index (κ2) is 5.99. The Morgan fingerprint density at radius 3 is 2.56 bits per heavy atom. The van der Waals surface area contributed by atoms with Crippen LogP contribution < -0.4 is 5.32 Å². The van der Waals surface area contributed by atoms with Gasteiger partial charge in [-0.3, -0.25) is 8.98 Å². The van der Waals surface area contributed by atoms with Gasteiger partial charge in [-0.05, 0) is 40.2 Å². The van der Waals surface area contributed by atoms with Crippen molar-refractivity contribution in [3.8, 4) is 0 Å². The monoisotopic (exact) mass is 279 g/mol. The quantitative estimate of drug-likeness (QED) is 0.593. The van der Waals surface area contributed by atoms with E-state index in [4.69, 9.17) is 8.92 Å². The number of rotatable bonds is 4. The van der Waals surface area contributed by atoms with Crippen molar-refractivity contribution in [1.29, 1.82) is 0 Å². The third-order valence-electron chi connectivity index (χ3n) is 2.25. The topological polar surface area (TPSA) is 81.7 Å². The molecule has 0 aliphatic carbocycles. The van der Waals surface area contributed by atoms with Gasteiger partial charge in [-0.15, -0.1) is 0 Å². The van der Waals surface area contributed by atoms with Crippen LogP contribution in [-0.2, 0) is 23.8 Å². The summed E-state index contributed by atoms with van der Waals surface area (Å²) in [6.07, 6.45) is 1.17. The molecule has 0 bridgehead atoms. The average molecular weight is 279 g/mol. The summed E-state index contributed by atoms with van der Waals surface area (Å²) in [5.41, 5.74) is -0.695. The molecule has 1 N–H and O–H groups in total. The van der Waals surface area contributed by atoms with Crippen molar-refractivity contribution in [3.63, 3.8) is 0 Å². The number of esters is 1. The van der Waals surface area contributed by atoms with Gasteiger partial charge in [-0.2, -0.15) is 8.42 Å². The molecule has 1 aliphatic heterocycles. The molecule has 1 saturated heterocycles. The van der Waals surface area contributed by atoms with Gasteiger partial charge in [0.1, 0.15) is 5.60 Å². The first-order chi connectivity index (χ1) is 8.18. The van der Waals surface area contributed by atoms with E-state index >= 15 is 0 Å². The van der Waals surface area contributed by atoms with Crippen molar-refractivity contribution in [2.24, 2.45) is 0 Å². The molecule has 18 heavy (non-hydrogen) atoms. The van der Waals surface area contributed by atoms with Gasteiger partial charge >= 0.3 is 5.97 Å². The van der Waals surface area contributed by atoms with Crippen LogP contribution in [0.1, 0.15) is 33.6 Å². The van der Waals surface area contributed by atoms with Crippen molar-refractivity contribution in [2.45, 2.75) is 45.3 Å². The van der Waals surface area contributed by atoms with Gasteiger partial charge in [-0.1, -0.05) is 0 Å². The first kappa shape index (κ1) is 15.4. The summed E-state index contributed by atoms with van der Waals surface area (Å²) in [5.74, 6) is -1.52. The van der Waals surface area contributed by atoms with E-state index < -0.39 is 27.4 Å². The zero-order valence-corrected chi connectivity index (χ0v) is 11.9. The van der Waals surface area contributed by atoms with E-state index in [1.807, 2.05) is 0 Å². The van der Waals surface area contributed by atoms with Crippen LogP contribution in [0.3, 0.4) is 0 Å². The lowest BCUT2D eigenvalue weighted by Gasteiger charge is -2.23. The molecule has 1 unspecified atom stereocenters. The summed E-state index contributed by atoms with van der Waals surface area (Å²) >= 11 is 0. The van der Waals surface area contributed by atoms with Crippen LogP contribution in [0, 0.1) is 0 Å². The van der Waals surface area contributed by atoms with E-state index in [-0.39, 0.29) is 6.10 Å². The maximum Gasteiger partial charge on any atom is 0.324 e. The lowest BCUT2D eigenvalue weighted by Crippen LogP contribution is -2.38. The molecule has 7 heteroatoms. The molecule has 0 aromatic rings. The number of ether oxygens (including phenoxy) is 1. The molecule has 106 valence electrons. The van der Waals surface area contributed by atoms with Crippen LogP contribution in [0.5, 0.6) is 0 Å². The Kier molecular flexibility index (Phi) is 5.12. The second-order valence-corrected chi connectivity index (χ2v) is 6.95. The molecule has 0 aromatic heterocycles. The van der Waals surface area contributed by atoms with E-state index in [2.05, 4.69) is 5.32 Å². The van der Waals surface area contributed by atoms with Gasteiger partial charge in [0.25, 0.3) is 10.1 Å². The Bertz CT molecular complexity index is 379. The molecule has 1 aliphatic rings. The average Bonchev–Trinajstić information content (AvgIpc) is 2.13. The van der Waals surface area contributed by atoms with Gasteiger partial charge in [0.15, 0.2) is 5.75 Å². The highest BCUT2D eigenvalue weighted by molar-refractivity contribution is 7.87. The van der Waals surface area contributed by atoms with E-state index in [0.29, 0.717) is 13.0 Å². The number of piperidine rings is 1. The highest BCUT2D eigenvalue weighted by Gasteiger charge is 2.27. The fraction of sp³-hybridized carbons (Fsp3) is 0.909. The van der Waals surface area contributed by atoms with Crippen LogP contribution in [0.2, 0.25) is 0 Å². The summed E-state index contributed by atoms with van der Waals surface area (Å²) in [7, 11) is -3.87. The predicted molar refractivity (Wildman–Crippen MR) is 66.6 cm³/mol. The Morgan fingerprint density at radius 2 is 2.06 bits per heavy atom. The van der Waals surface area contributed by atoms with Crippen LogP contribution in [0.4, 0.5) is 0 Å². The van der Waals surface area contributed by atoms with E-state index in [0.717, 1.165) is 13.0 Å². The molecule has 0 spiro atoms. The van der Waals surface area contributed by atoms with Crippen molar-refractivity contribution < 1.29 is 22.1 Å². The molecular formula is C11H21NO5S. The number of carbonyl (C=O) groups is 1. The molecule has 1 heterocycles. The largest absolute Gasteiger partial charge is 0.459 e. The lowest BCUT2D eigenvalue weighted by molar-refractivity contribution is -0.151. The maximum absolute atomic E-state index is 11.6. The molecule has 0 amide bonds. The van der Waals surface area contributed by atoms with Gasteiger partial charge in [0, 0.05) is 6.54 Å². The number of carbonyl (C=O) groups excluding carboxylic acids is 1. The molecule has 0 saturated carbocycles.